The fraction of sp³-hybridized carbons (Fsp3) is 0.857. The molecule has 4 heteroatoms. The average Bonchev–Trinajstić information content (AvgIpc) is 2.94. The van der Waals surface area contributed by atoms with Gasteiger partial charge < -0.3 is 9.84 Å². The second-order valence-electron chi connectivity index (χ2n) is 6.33. The van der Waals surface area contributed by atoms with Gasteiger partial charge in [0.2, 0.25) is 0 Å². The Morgan fingerprint density at radius 3 is 2.44 bits per heavy atom. The fourth-order valence-electron chi connectivity index (χ4n) is 4.81. The summed E-state index contributed by atoms with van der Waals surface area (Å²) >= 11 is 0. The van der Waals surface area contributed by atoms with Gasteiger partial charge in [-0.3, -0.25) is 9.59 Å². The van der Waals surface area contributed by atoms with Gasteiger partial charge in [0, 0.05) is 6.61 Å². The maximum Gasteiger partial charge on any atom is 0.317 e. The molecule has 7 atom stereocenters. The number of carbonyl (C=O) groups excluding carboxylic acids is 2. The number of hydrogen-bond donors (Lipinski definition) is 1. The molecule has 3 rings (SSSR count). The van der Waals surface area contributed by atoms with E-state index in [1.807, 2.05) is 0 Å². The Kier molecular flexibility index (Phi) is 2.73. The van der Waals surface area contributed by atoms with Crippen LogP contribution in [0.4, 0.5) is 0 Å². The summed E-state index contributed by atoms with van der Waals surface area (Å²) in [5.74, 6) is 0.840. The SMILES string of the molecule is CC1C(=O)OC(=O)C1C1C2CC(CO)C(C2)C1C. The van der Waals surface area contributed by atoms with Crippen molar-refractivity contribution >= 4 is 11.9 Å². The average molecular weight is 252 g/mol. The highest BCUT2D eigenvalue weighted by Crippen LogP contribution is 2.59. The van der Waals surface area contributed by atoms with Crippen molar-refractivity contribution in [2.75, 3.05) is 6.61 Å². The Labute approximate surface area is 107 Å². The van der Waals surface area contributed by atoms with Crippen LogP contribution in [0, 0.1) is 41.4 Å². The van der Waals surface area contributed by atoms with E-state index in [1.165, 1.54) is 0 Å². The third kappa shape index (κ3) is 1.48. The van der Waals surface area contributed by atoms with E-state index in [-0.39, 0.29) is 36.3 Å². The van der Waals surface area contributed by atoms with E-state index < -0.39 is 0 Å². The summed E-state index contributed by atoms with van der Waals surface area (Å²) in [6.07, 6.45) is 2.10. The van der Waals surface area contributed by atoms with Crippen LogP contribution in [0.5, 0.6) is 0 Å². The number of carbonyl (C=O) groups is 2. The smallest absolute Gasteiger partial charge is 0.317 e. The number of esters is 2. The number of rotatable bonds is 2. The van der Waals surface area contributed by atoms with E-state index in [9.17, 15) is 14.7 Å². The Hall–Kier alpha value is -0.900. The molecule has 1 aliphatic heterocycles. The van der Waals surface area contributed by atoms with Gasteiger partial charge in [0.05, 0.1) is 11.8 Å². The van der Waals surface area contributed by atoms with Crippen LogP contribution >= 0.6 is 0 Å². The molecule has 3 fully saturated rings. The van der Waals surface area contributed by atoms with Crippen LogP contribution in [0.25, 0.3) is 0 Å². The highest BCUT2D eigenvalue weighted by Gasteiger charge is 2.58. The highest BCUT2D eigenvalue weighted by atomic mass is 16.6. The highest BCUT2D eigenvalue weighted by molar-refractivity contribution is 5.96. The van der Waals surface area contributed by atoms with Crippen LogP contribution in [-0.4, -0.2) is 23.7 Å². The van der Waals surface area contributed by atoms with Crippen molar-refractivity contribution in [2.24, 2.45) is 41.4 Å². The van der Waals surface area contributed by atoms with Gasteiger partial charge in [-0.1, -0.05) is 13.8 Å². The molecule has 0 amide bonds. The monoisotopic (exact) mass is 252 g/mol. The second-order valence-corrected chi connectivity index (χ2v) is 6.33. The number of fused-ring (bicyclic) bond motifs is 2. The summed E-state index contributed by atoms with van der Waals surface area (Å²) in [5, 5.41) is 9.36. The molecule has 0 aromatic rings. The van der Waals surface area contributed by atoms with Crippen LogP contribution in [0.2, 0.25) is 0 Å². The topological polar surface area (TPSA) is 63.6 Å². The molecule has 0 aromatic heterocycles. The molecule has 0 aromatic carbocycles. The molecule has 1 N–H and O–H groups in total. The first-order valence-corrected chi connectivity index (χ1v) is 6.91. The lowest BCUT2D eigenvalue weighted by Crippen LogP contribution is -2.36. The largest absolute Gasteiger partial charge is 0.396 e. The number of hydrogen-bond acceptors (Lipinski definition) is 4. The number of aliphatic hydroxyl groups excluding tert-OH is 1. The van der Waals surface area contributed by atoms with Crippen LogP contribution in [0.1, 0.15) is 26.7 Å². The lowest BCUT2D eigenvalue weighted by molar-refractivity contribution is -0.154. The number of aliphatic hydroxyl groups is 1. The van der Waals surface area contributed by atoms with Gasteiger partial charge in [-0.2, -0.15) is 0 Å². The standard InChI is InChI=1S/C14H20O4/c1-6-10-4-8(3-9(10)5-15)11(6)12-7(2)13(16)18-14(12)17/h6-12,15H,3-5H2,1-2H3. The zero-order chi connectivity index (χ0) is 13.0. The van der Waals surface area contributed by atoms with Gasteiger partial charge in [0.25, 0.3) is 0 Å². The predicted molar refractivity (Wildman–Crippen MR) is 63.2 cm³/mol. The lowest BCUT2D eigenvalue weighted by atomic mass is 9.67. The molecular formula is C14H20O4. The van der Waals surface area contributed by atoms with Crippen molar-refractivity contribution in [2.45, 2.75) is 26.7 Å². The Morgan fingerprint density at radius 2 is 1.94 bits per heavy atom. The maximum absolute atomic E-state index is 11.9. The minimum atomic E-state index is -0.362. The van der Waals surface area contributed by atoms with Crippen LogP contribution in [0.3, 0.4) is 0 Å². The molecule has 18 heavy (non-hydrogen) atoms. The molecule has 2 bridgehead atoms. The number of cyclic esters (lactones) is 2. The fourth-order valence-corrected chi connectivity index (χ4v) is 4.81. The van der Waals surface area contributed by atoms with Crippen LogP contribution in [-0.2, 0) is 14.3 Å². The Balaban J connectivity index is 1.83. The quantitative estimate of drug-likeness (QED) is 0.593. The van der Waals surface area contributed by atoms with Crippen LogP contribution < -0.4 is 0 Å². The maximum atomic E-state index is 11.9. The van der Waals surface area contributed by atoms with Crippen molar-refractivity contribution < 1.29 is 19.4 Å². The molecule has 7 unspecified atom stereocenters. The summed E-state index contributed by atoms with van der Waals surface area (Å²) in [6, 6.07) is 0. The van der Waals surface area contributed by atoms with Gasteiger partial charge in [-0.25, -0.2) is 0 Å². The molecule has 1 saturated heterocycles. The molecule has 3 aliphatic rings. The Bertz CT molecular complexity index is 387. The Morgan fingerprint density at radius 1 is 1.22 bits per heavy atom. The second kappa shape index (κ2) is 4.05. The summed E-state index contributed by atoms with van der Waals surface area (Å²) < 4.78 is 4.78. The first-order chi connectivity index (χ1) is 8.54. The van der Waals surface area contributed by atoms with Crippen molar-refractivity contribution in [1.82, 2.24) is 0 Å². The van der Waals surface area contributed by atoms with E-state index in [0.29, 0.717) is 23.7 Å². The summed E-state index contributed by atoms with van der Waals surface area (Å²) in [6.45, 7) is 4.22. The molecule has 4 nitrogen and oxygen atoms in total. The van der Waals surface area contributed by atoms with Crippen molar-refractivity contribution in [3.8, 4) is 0 Å². The van der Waals surface area contributed by atoms with Crippen molar-refractivity contribution in [1.29, 1.82) is 0 Å². The van der Waals surface area contributed by atoms with Gasteiger partial charge in [-0.05, 0) is 42.4 Å². The van der Waals surface area contributed by atoms with Crippen molar-refractivity contribution in [3.05, 3.63) is 0 Å². The zero-order valence-electron chi connectivity index (χ0n) is 10.8. The van der Waals surface area contributed by atoms with E-state index in [1.54, 1.807) is 6.92 Å². The molecule has 100 valence electrons. The van der Waals surface area contributed by atoms with Crippen LogP contribution in [0.15, 0.2) is 0 Å². The molecule has 0 spiro atoms. The van der Waals surface area contributed by atoms with E-state index in [4.69, 9.17) is 4.74 Å². The van der Waals surface area contributed by atoms with Crippen molar-refractivity contribution in [3.63, 3.8) is 0 Å². The van der Waals surface area contributed by atoms with Gasteiger partial charge in [0.15, 0.2) is 0 Å². The normalized spacial score (nSPS) is 50.9. The zero-order valence-corrected chi connectivity index (χ0v) is 10.8. The molecule has 2 aliphatic carbocycles. The summed E-state index contributed by atoms with van der Waals surface area (Å²) in [5.41, 5.74) is 0. The van der Waals surface area contributed by atoms with E-state index in [2.05, 4.69) is 6.92 Å². The molecule has 2 saturated carbocycles. The van der Waals surface area contributed by atoms with Gasteiger partial charge in [-0.15, -0.1) is 0 Å². The van der Waals surface area contributed by atoms with Gasteiger partial charge >= 0.3 is 11.9 Å². The van der Waals surface area contributed by atoms with E-state index >= 15 is 0 Å². The first kappa shape index (κ1) is 12.2. The number of ether oxygens (including phenoxy) is 1. The molecule has 1 heterocycles. The minimum Gasteiger partial charge on any atom is -0.396 e. The van der Waals surface area contributed by atoms with E-state index in [0.717, 1.165) is 12.8 Å². The lowest BCUT2D eigenvalue weighted by Gasteiger charge is -2.35. The van der Waals surface area contributed by atoms with Gasteiger partial charge in [0.1, 0.15) is 0 Å². The third-order valence-corrected chi connectivity index (χ3v) is 5.65. The molecular weight excluding hydrogens is 232 g/mol. The predicted octanol–water partition coefficient (Wildman–Crippen LogP) is 1.22. The summed E-state index contributed by atoms with van der Waals surface area (Å²) in [7, 11) is 0. The minimum absolute atomic E-state index is 0.248. The first-order valence-electron chi connectivity index (χ1n) is 6.91. The summed E-state index contributed by atoms with van der Waals surface area (Å²) in [4.78, 5) is 23.4. The third-order valence-electron chi connectivity index (χ3n) is 5.65. The molecule has 0 radical (unpaired) electrons.